The zero-order chi connectivity index (χ0) is 23.9. The van der Waals surface area contributed by atoms with E-state index in [0.29, 0.717) is 21.5 Å². The summed E-state index contributed by atoms with van der Waals surface area (Å²) in [5, 5.41) is 14.3. The highest BCUT2D eigenvalue weighted by molar-refractivity contribution is 7.99. The van der Waals surface area contributed by atoms with Crippen LogP contribution in [-0.2, 0) is 9.53 Å². The van der Waals surface area contributed by atoms with E-state index in [1.807, 2.05) is 59.2 Å². The molecule has 0 unspecified atom stereocenters. The zero-order valence-electron chi connectivity index (χ0n) is 18.6. The highest BCUT2D eigenvalue weighted by atomic mass is 32.2. The third kappa shape index (κ3) is 5.29. The van der Waals surface area contributed by atoms with Crippen molar-refractivity contribution in [2.45, 2.75) is 12.1 Å². The molecule has 1 amide bonds. The maximum atomic E-state index is 12.7. The van der Waals surface area contributed by atoms with E-state index in [1.165, 1.54) is 23.1 Å². The van der Waals surface area contributed by atoms with Crippen LogP contribution in [0.5, 0.6) is 5.75 Å². The minimum Gasteiger partial charge on any atom is -0.497 e. The molecule has 0 aliphatic heterocycles. The summed E-state index contributed by atoms with van der Waals surface area (Å²) in [6, 6.07) is 18.9. The minimum absolute atomic E-state index is 0.0910. The summed E-state index contributed by atoms with van der Waals surface area (Å²) in [7, 11) is 1.62. The van der Waals surface area contributed by atoms with Gasteiger partial charge in [-0.1, -0.05) is 30.0 Å². The normalized spacial score (nSPS) is 10.6. The quantitative estimate of drug-likeness (QED) is 0.261. The number of benzene rings is 2. The van der Waals surface area contributed by atoms with Crippen LogP contribution in [0.15, 0.2) is 71.2 Å². The first kappa shape index (κ1) is 23.5. The van der Waals surface area contributed by atoms with Crippen LogP contribution in [0, 0.1) is 0 Å². The summed E-state index contributed by atoms with van der Waals surface area (Å²) in [5.74, 6) is 0.774. The average Bonchev–Trinajstić information content (AvgIpc) is 3.50. The molecular formula is C24H22N4O4S2. The van der Waals surface area contributed by atoms with Gasteiger partial charge in [-0.25, -0.2) is 4.79 Å². The third-order valence-electron chi connectivity index (χ3n) is 4.74. The van der Waals surface area contributed by atoms with Gasteiger partial charge in [0.2, 0.25) is 5.91 Å². The van der Waals surface area contributed by atoms with E-state index < -0.39 is 5.97 Å². The van der Waals surface area contributed by atoms with E-state index >= 15 is 0 Å². The molecular weight excluding hydrogens is 472 g/mol. The number of hydrogen-bond acceptors (Lipinski definition) is 8. The van der Waals surface area contributed by atoms with Crippen molar-refractivity contribution in [2.24, 2.45) is 0 Å². The summed E-state index contributed by atoms with van der Waals surface area (Å²) in [6.07, 6.45) is 0. The number of carbonyl (C=O) groups excluding carboxylic acids is 2. The van der Waals surface area contributed by atoms with Gasteiger partial charge < -0.3 is 14.8 Å². The summed E-state index contributed by atoms with van der Waals surface area (Å²) >= 11 is 2.53. The lowest BCUT2D eigenvalue weighted by Crippen LogP contribution is -2.16. The Morgan fingerprint density at radius 1 is 1.06 bits per heavy atom. The van der Waals surface area contributed by atoms with Crippen LogP contribution in [-0.4, -0.2) is 46.1 Å². The number of hydrogen-bond donors (Lipinski definition) is 1. The fourth-order valence-electron chi connectivity index (χ4n) is 3.17. The summed E-state index contributed by atoms with van der Waals surface area (Å²) in [5.41, 5.74) is 2.09. The van der Waals surface area contributed by atoms with Crippen LogP contribution < -0.4 is 10.1 Å². The molecule has 34 heavy (non-hydrogen) atoms. The third-order valence-corrected chi connectivity index (χ3v) is 6.50. The van der Waals surface area contributed by atoms with E-state index in [-0.39, 0.29) is 18.3 Å². The Hall–Kier alpha value is -3.63. The lowest BCUT2D eigenvalue weighted by atomic mass is 10.2. The summed E-state index contributed by atoms with van der Waals surface area (Å²) in [6.45, 7) is 2.01. The summed E-state index contributed by atoms with van der Waals surface area (Å²) in [4.78, 5) is 24.7. The molecule has 8 nitrogen and oxygen atoms in total. The molecule has 2 aromatic heterocycles. The molecule has 174 valence electrons. The number of nitrogens with one attached hydrogen (secondary N) is 1. The number of esters is 1. The second-order valence-electron chi connectivity index (χ2n) is 6.93. The standard InChI is InChI=1S/C24H22N4O4S2/c1-3-32-23(30)19-13-14-33-22(19)25-20(29)15-34-24-27-26-21(16-9-11-18(31-2)12-10-16)28(24)17-7-5-4-6-8-17/h4-14H,3,15H2,1-2H3,(H,25,29). The number of nitrogens with zero attached hydrogens (tertiary/aromatic N) is 3. The Balaban J connectivity index is 1.54. The van der Waals surface area contributed by atoms with E-state index in [9.17, 15) is 9.59 Å². The Kier molecular flexibility index (Phi) is 7.61. The molecule has 2 heterocycles. The number of carbonyl (C=O) groups is 2. The molecule has 10 heteroatoms. The summed E-state index contributed by atoms with van der Waals surface area (Å²) < 4.78 is 12.2. The molecule has 0 atom stereocenters. The Morgan fingerprint density at radius 3 is 2.53 bits per heavy atom. The highest BCUT2D eigenvalue weighted by Crippen LogP contribution is 2.30. The number of thiophene rings is 1. The smallest absolute Gasteiger partial charge is 0.341 e. The van der Waals surface area contributed by atoms with Crippen LogP contribution in [0.2, 0.25) is 0 Å². The monoisotopic (exact) mass is 494 g/mol. The van der Waals surface area contributed by atoms with Gasteiger partial charge in [0.15, 0.2) is 11.0 Å². The number of para-hydroxylation sites is 1. The highest BCUT2D eigenvalue weighted by Gasteiger charge is 2.19. The van der Waals surface area contributed by atoms with Crippen molar-refractivity contribution in [1.29, 1.82) is 0 Å². The molecule has 0 radical (unpaired) electrons. The average molecular weight is 495 g/mol. The molecule has 0 aliphatic rings. The van der Waals surface area contributed by atoms with Gasteiger partial charge in [-0.2, -0.15) is 0 Å². The molecule has 0 saturated heterocycles. The van der Waals surface area contributed by atoms with Crippen LogP contribution in [0.25, 0.3) is 17.1 Å². The van der Waals surface area contributed by atoms with Gasteiger partial charge in [-0.05, 0) is 54.8 Å². The SMILES string of the molecule is CCOC(=O)c1ccsc1NC(=O)CSc1nnc(-c2ccc(OC)cc2)n1-c1ccccc1. The van der Waals surface area contributed by atoms with Crippen molar-refractivity contribution in [3.63, 3.8) is 0 Å². The molecule has 1 N–H and O–H groups in total. The van der Waals surface area contributed by atoms with Crippen molar-refractivity contribution in [3.8, 4) is 22.8 Å². The van der Waals surface area contributed by atoms with E-state index in [2.05, 4.69) is 15.5 Å². The first-order chi connectivity index (χ1) is 16.6. The predicted octanol–water partition coefficient (Wildman–Crippen LogP) is 4.91. The Morgan fingerprint density at radius 2 is 1.82 bits per heavy atom. The van der Waals surface area contributed by atoms with Crippen molar-refractivity contribution < 1.29 is 19.1 Å². The molecule has 2 aromatic carbocycles. The van der Waals surface area contributed by atoms with Crippen LogP contribution in [0.4, 0.5) is 5.00 Å². The molecule has 4 rings (SSSR count). The van der Waals surface area contributed by atoms with Crippen LogP contribution in [0.3, 0.4) is 0 Å². The number of ether oxygens (including phenoxy) is 2. The molecule has 0 aliphatic carbocycles. The number of methoxy groups -OCH3 is 1. The molecule has 0 spiro atoms. The zero-order valence-corrected chi connectivity index (χ0v) is 20.2. The number of anilines is 1. The lowest BCUT2D eigenvalue weighted by Gasteiger charge is -2.11. The first-order valence-corrected chi connectivity index (χ1v) is 12.3. The van der Waals surface area contributed by atoms with E-state index in [4.69, 9.17) is 9.47 Å². The topological polar surface area (TPSA) is 95.3 Å². The van der Waals surface area contributed by atoms with Gasteiger partial charge in [-0.3, -0.25) is 9.36 Å². The van der Waals surface area contributed by atoms with Gasteiger partial charge in [-0.15, -0.1) is 21.5 Å². The van der Waals surface area contributed by atoms with Gasteiger partial charge in [0.1, 0.15) is 10.8 Å². The van der Waals surface area contributed by atoms with E-state index in [1.54, 1.807) is 25.5 Å². The van der Waals surface area contributed by atoms with Crippen molar-refractivity contribution in [2.75, 3.05) is 24.8 Å². The maximum Gasteiger partial charge on any atom is 0.341 e. The van der Waals surface area contributed by atoms with Crippen LogP contribution in [0.1, 0.15) is 17.3 Å². The molecule has 0 saturated carbocycles. The Bertz CT molecular complexity index is 1270. The van der Waals surface area contributed by atoms with Crippen molar-refractivity contribution in [1.82, 2.24) is 14.8 Å². The van der Waals surface area contributed by atoms with E-state index in [0.717, 1.165) is 17.0 Å². The second-order valence-corrected chi connectivity index (χ2v) is 8.78. The van der Waals surface area contributed by atoms with Gasteiger partial charge >= 0.3 is 5.97 Å². The van der Waals surface area contributed by atoms with Crippen LogP contribution >= 0.6 is 23.1 Å². The predicted molar refractivity (Wildman–Crippen MR) is 133 cm³/mol. The molecule has 4 aromatic rings. The first-order valence-electron chi connectivity index (χ1n) is 10.4. The van der Waals surface area contributed by atoms with Crippen molar-refractivity contribution >= 4 is 40.0 Å². The maximum absolute atomic E-state index is 12.7. The largest absolute Gasteiger partial charge is 0.497 e. The van der Waals surface area contributed by atoms with Crippen molar-refractivity contribution in [3.05, 3.63) is 71.6 Å². The van der Waals surface area contributed by atoms with Gasteiger partial charge in [0.05, 0.1) is 25.0 Å². The number of aromatic nitrogens is 3. The molecule has 0 bridgehead atoms. The van der Waals surface area contributed by atoms with Gasteiger partial charge in [0.25, 0.3) is 0 Å². The number of amides is 1. The fraction of sp³-hybridized carbons (Fsp3) is 0.167. The molecule has 0 fully saturated rings. The number of rotatable bonds is 9. The van der Waals surface area contributed by atoms with Gasteiger partial charge in [0, 0.05) is 11.3 Å². The number of thioether (sulfide) groups is 1. The minimum atomic E-state index is -0.459. The second kappa shape index (κ2) is 11.0. The lowest BCUT2D eigenvalue weighted by molar-refractivity contribution is -0.113. The Labute approximate surface area is 204 Å². The fourth-order valence-corrected chi connectivity index (χ4v) is 4.71.